The number of hydrogen-bond donors (Lipinski definition) is 0. The lowest BCUT2D eigenvalue weighted by atomic mass is 10.0. The van der Waals surface area contributed by atoms with Gasteiger partial charge in [-0.05, 0) is 114 Å². The van der Waals surface area contributed by atoms with Gasteiger partial charge in [-0.2, -0.15) is 0 Å². The third kappa shape index (κ3) is 13.4. The molecule has 0 aromatic heterocycles. The lowest BCUT2D eigenvalue weighted by Gasteiger charge is -2.28. The van der Waals surface area contributed by atoms with Crippen molar-refractivity contribution in [1.29, 1.82) is 0 Å². The van der Waals surface area contributed by atoms with Gasteiger partial charge in [0.2, 0.25) is 0 Å². The standard InChI is InChI=1S/C48H66O9Si3/c1-10-49-58(50-11-2,51-12-3)46-31-25-40(26-32-46)19-22-43-37-44(23-20-41-27-33-47(34-28-41)59(52-13-4,53-14-5)54-15-6)39-45(38-43)24-21-42-29-35-48(36-30-42)60(55-16-7,56-17-8)57-18-9/h19-39H,10-18H2,1-9H3/b22-19+,23-20+,24-21+. The molecule has 0 aliphatic rings. The van der Waals surface area contributed by atoms with E-state index in [0.717, 1.165) is 48.9 Å². The van der Waals surface area contributed by atoms with Crippen LogP contribution in [0.15, 0.2) is 91.0 Å². The van der Waals surface area contributed by atoms with Crippen LogP contribution in [-0.2, 0) is 39.8 Å². The Morgan fingerprint density at radius 1 is 0.267 bits per heavy atom. The van der Waals surface area contributed by atoms with Gasteiger partial charge >= 0.3 is 26.4 Å². The molecule has 0 aliphatic carbocycles. The summed E-state index contributed by atoms with van der Waals surface area (Å²) in [6.07, 6.45) is 12.8. The zero-order valence-electron chi connectivity index (χ0n) is 37.2. The Bertz CT molecular complexity index is 1640. The van der Waals surface area contributed by atoms with Crippen LogP contribution in [0, 0.1) is 0 Å². The smallest absolute Gasteiger partial charge is 0.370 e. The van der Waals surface area contributed by atoms with Gasteiger partial charge in [-0.3, -0.25) is 0 Å². The molecule has 4 aromatic carbocycles. The first-order chi connectivity index (χ1) is 29.2. The summed E-state index contributed by atoms with van der Waals surface area (Å²) < 4.78 is 55.2. The highest BCUT2D eigenvalue weighted by Crippen LogP contribution is 2.21. The van der Waals surface area contributed by atoms with Crippen molar-refractivity contribution in [3.63, 3.8) is 0 Å². The molecular formula is C48H66O9Si3. The summed E-state index contributed by atoms with van der Waals surface area (Å²) in [6.45, 7) is 22.4. The molecule has 0 saturated heterocycles. The van der Waals surface area contributed by atoms with Crippen molar-refractivity contribution < 1.29 is 39.8 Å². The van der Waals surface area contributed by atoms with Crippen LogP contribution in [-0.4, -0.2) is 85.9 Å². The first kappa shape index (κ1) is 49.1. The normalized spacial score (nSPS) is 12.8. The van der Waals surface area contributed by atoms with Gasteiger partial charge in [0.05, 0.1) is 0 Å². The topological polar surface area (TPSA) is 83.1 Å². The average molecular weight is 871 g/mol. The molecule has 0 aliphatic heterocycles. The van der Waals surface area contributed by atoms with Gasteiger partial charge in [0.1, 0.15) is 0 Å². The van der Waals surface area contributed by atoms with Crippen molar-refractivity contribution in [2.45, 2.75) is 62.3 Å². The van der Waals surface area contributed by atoms with Gasteiger partial charge in [-0.15, -0.1) is 0 Å². The van der Waals surface area contributed by atoms with Gasteiger partial charge in [-0.25, -0.2) is 0 Å². The van der Waals surface area contributed by atoms with E-state index in [9.17, 15) is 0 Å². The molecule has 12 heteroatoms. The van der Waals surface area contributed by atoms with Crippen LogP contribution in [0.4, 0.5) is 0 Å². The second-order valence-corrected chi connectivity index (χ2v) is 21.0. The molecule has 324 valence electrons. The predicted molar refractivity (Wildman–Crippen MR) is 253 cm³/mol. The maximum Gasteiger partial charge on any atom is 0.537 e. The highest BCUT2D eigenvalue weighted by molar-refractivity contribution is 6.76. The molecule has 0 heterocycles. The third-order valence-corrected chi connectivity index (χ3v) is 18.3. The second kappa shape index (κ2) is 25.4. The van der Waals surface area contributed by atoms with Gasteiger partial charge in [0.15, 0.2) is 0 Å². The van der Waals surface area contributed by atoms with Crippen molar-refractivity contribution in [2.24, 2.45) is 0 Å². The van der Waals surface area contributed by atoms with Crippen LogP contribution in [0.3, 0.4) is 0 Å². The minimum absolute atomic E-state index is 0.516. The van der Waals surface area contributed by atoms with Crippen LogP contribution >= 0.6 is 0 Å². The van der Waals surface area contributed by atoms with E-state index in [2.05, 4.69) is 127 Å². The fourth-order valence-electron chi connectivity index (χ4n) is 6.80. The monoisotopic (exact) mass is 870 g/mol. The van der Waals surface area contributed by atoms with Crippen LogP contribution in [0.5, 0.6) is 0 Å². The largest absolute Gasteiger partial charge is 0.537 e. The van der Waals surface area contributed by atoms with Crippen molar-refractivity contribution in [1.82, 2.24) is 0 Å². The summed E-state index contributed by atoms with van der Waals surface area (Å²) >= 11 is 0. The SMILES string of the molecule is CCO[Si](OCC)(OCC)c1ccc(/C=C/c2cc(/C=C/c3ccc([Si](OCC)(OCC)OCC)cc3)cc(/C=C/c3ccc([Si](OCC)(OCC)OCC)cc3)c2)cc1. The van der Waals surface area contributed by atoms with Gasteiger partial charge in [-0.1, -0.05) is 109 Å². The Balaban J connectivity index is 1.68. The Morgan fingerprint density at radius 3 is 0.600 bits per heavy atom. The molecule has 0 saturated carbocycles. The molecule has 0 spiro atoms. The van der Waals surface area contributed by atoms with E-state index >= 15 is 0 Å². The molecule has 4 rings (SSSR count). The van der Waals surface area contributed by atoms with Crippen molar-refractivity contribution in [2.75, 3.05) is 59.5 Å². The summed E-state index contributed by atoms with van der Waals surface area (Å²) in [7, 11) is -8.98. The molecule has 0 bridgehead atoms. The minimum atomic E-state index is -2.99. The molecule has 0 N–H and O–H groups in total. The van der Waals surface area contributed by atoms with Gasteiger partial charge < -0.3 is 39.8 Å². The Labute approximate surface area is 363 Å². The van der Waals surface area contributed by atoms with Crippen molar-refractivity contribution >= 4 is 78.4 Å². The molecule has 4 aromatic rings. The van der Waals surface area contributed by atoms with E-state index in [4.69, 9.17) is 39.8 Å². The average Bonchev–Trinajstić information content (AvgIpc) is 3.25. The number of hydrogen-bond acceptors (Lipinski definition) is 9. The first-order valence-electron chi connectivity index (χ1n) is 21.5. The zero-order chi connectivity index (χ0) is 43.3. The fraction of sp³-hybridized carbons (Fsp3) is 0.375. The lowest BCUT2D eigenvalue weighted by molar-refractivity contribution is 0.0851. The van der Waals surface area contributed by atoms with Crippen LogP contribution in [0.1, 0.15) is 95.7 Å². The summed E-state index contributed by atoms with van der Waals surface area (Å²) in [6, 6.07) is 31.4. The highest BCUT2D eigenvalue weighted by atomic mass is 28.4. The quantitative estimate of drug-likeness (QED) is 0.0431. The maximum atomic E-state index is 6.14. The van der Waals surface area contributed by atoms with Gasteiger partial charge in [0.25, 0.3) is 0 Å². The van der Waals surface area contributed by atoms with E-state index in [1.807, 2.05) is 62.3 Å². The van der Waals surface area contributed by atoms with E-state index in [1.54, 1.807) is 0 Å². The van der Waals surface area contributed by atoms with Crippen LogP contribution in [0.2, 0.25) is 0 Å². The zero-order valence-corrected chi connectivity index (χ0v) is 40.2. The van der Waals surface area contributed by atoms with Crippen LogP contribution < -0.4 is 15.6 Å². The van der Waals surface area contributed by atoms with E-state index in [-0.39, 0.29) is 0 Å². The summed E-state index contributed by atoms with van der Waals surface area (Å²) in [5, 5.41) is 2.86. The Morgan fingerprint density at radius 2 is 0.433 bits per heavy atom. The summed E-state index contributed by atoms with van der Waals surface area (Å²) in [5.41, 5.74) is 6.36. The van der Waals surface area contributed by atoms with Crippen molar-refractivity contribution in [3.8, 4) is 0 Å². The molecule has 0 fully saturated rings. The number of benzene rings is 4. The minimum Gasteiger partial charge on any atom is -0.370 e. The van der Waals surface area contributed by atoms with E-state index in [1.165, 1.54) is 0 Å². The maximum absolute atomic E-state index is 6.14. The molecule has 0 amide bonds. The Kier molecular flexibility index (Phi) is 20.7. The van der Waals surface area contributed by atoms with E-state index in [0.29, 0.717) is 59.5 Å². The second-order valence-electron chi connectivity index (χ2n) is 13.4. The molecular weight excluding hydrogens is 805 g/mol. The van der Waals surface area contributed by atoms with Crippen LogP contribution in [0.25, 0.3) is 36.5 Å². The highest BCUT2D eigenvalue weighted by Gasteiger charge is 2.45. The molecule has 0 atom stereocenters. The Hall–Kier alpha value is -3.61. The lowest BCUT2D eigenvalue weighted by Crippen LogP contribution is -2.56. The summed E-state index contributed by atoms with van der Waals surface area (Å²) in [4.78, 5) is 0. The molecule has 60 heavy (non-hydrogen) atoms. The van der Waals surface area contributed by atoms with Gasteiger partial charge in [0, 0.05) is 75.0 Å². The molecule has 9 nitrogen and oxygen atoms in total. The molecule has 0 unspecified atom stereocenters. The number of rotatable bonds is 27. The predicted octanol–water partition coefficient (Wildman–Crippen LogP) is 8.96. The first-order valence-corrected chi connectivity index (χ1v) is 26.7. The third-order valence-electron chi connectivity index (χ3n) is 9.21. The molecule has 0 radical (unpaired) electrons. The van der Waals surface area contributed by atoms with E-state index < -0.39 is 26.4 Å². The summed E-state index contributed by atoms with van der Waals surface area (Å²) in [5.74, 6) is 0. The fourth-order valence-corrected chi connectivity index (χ4v) is 14.2. The van der Waals surface area contributed by atoms with Crippen molar-refractivity contribution in [3.05, 3.63) is 124 Å².